The second-order valence-corrected chi connectivity index (χ2v) is 6.58. The SMILES string of the molecule is NCC1CC(=O)N(c2ccc(Br)cc2C(=O)c2ccccc2)C1. The van der Waals surface area contributed by atoms with E-state index in [1.54, 1.807) is 23.1 Å². The van der Waals surface area contributed by atoms with Crippen molar-refractivity contribution in [1.82, 2.24) is 0 Å². The Morgan fingerprint density at radius 3 is 2.61 bits per heavy atom. The lowest BCUT2D eigenvalue weighted by Crippen LogP contribution is -2.27. The van der Waals surface area contributed by atoms with Crippen LogP contribution in [0.15, 0.2) is 53.0 Å². The molecule has 0 bridgehead atoms. The monoisotopic (exact) mass is 372 g/mol. The van der Waals surface area contributed by atoms with Crippen LogP contribution in [0.4, 0.5) is 5.69 Å². The molecule has 0 aromatic heterocycles. The highest BCUT2D eigenvalue weighted by Crippen LogP contribution is 2.31. The molecule has 2 aromatic rings. The number of benzene rings is 2. The molecule has 1 aliphatic rings. The standard InChI is InChI=1S/C18H17BrN2O2/c19-14-6-7-16(21-11-12(10-20)8-17(21)22)15(9-14)18(23)13-4-2-1-3-5-13/h1-7,9,12H,8,10-11,20H2. The molecule has 0 saturated carbocycles. The van der Waals surface area contributed by atoms with Crippen LogP contribution in [0.5, 0.6) is 0 Å². The van der Waals surface area contributed by atoms with Crippen LogP contribution in [0, 0.1) is 5.92 Å². The molecule has 1 saturated heterocycles. The summed E-state index contributed by atoms with van der Waals surface area (Å²) in [4.78, 5) is 26.8. The number of ketones is 1. The first-order chi connectivity index (χ1) is 11.1. The van der Waals surface area contributed by atoms with Gasteiger partial charge in [0.05, 0.1) is 5.69 Å². The van der Waals surface area contributed by atoms with Gasteiger partial charge in [0.15, 0.2) is 5.78 Å². The van der Waals surface area contributed by atoms with Crippen molar-refractivity contribution in [2.24, 2.45) is 11.7 Å². The zero-order valence-electron chi connectivity index (χ0n) is 12.5. The number of amides is 1. The van der Waals surface area contributed by atoms with E-state index in [0.29, 0.717) is 36.3 Å². The van der Waals surface area contributed by atoms with E-state index in [0.717, 1.165) is 4.47 Å². The molecule has 1 unspecified atom stereocenters. The second kappa shape index (κ2) is 6.64. The minimum absolute atomic E-state index is 0.0184. The van der Waals surface area contributed by atoms with Gasteiger partial charge in [-0.15, -0.1) is 0 Å². The summed E-state index contributed by atoms with van der Waals surface area (Å²) in [6.07, 6.45) is 0.436. The van der Waals surface area contributed by atoms with Gasteiger partial charge in [0.2, 0.25) is 5.91 Å². The van der Waals surface area contributed by atoms with Gasteiger partial charge in [0.25, 0.3) is 0 Å². The number of carbonyl (C=O) groups excluding carboxylic acids is 2. The number of nitrogens with two attached hydrogens (primary N) is 1. The van der Waals surface area contributed by atoms with Crippen LogP contribution in [-0.2, 0) is 4.79 Å². The Morgan fingerprint density at radius 2 is 1.96 bits per heavy atom. The van der Waals surface area contributed by atoms with Crippen molar-refractivity contribution in [3.8, 4) is 0 Å². The molecule has 2 aromatic carbocycles. The average molecular weight is 373 g/mol. The summed E-state index contributed by atoms with van der Waals surface area (Å²) in [6, 6.07) is 14.5. The van der Waals surface area contributed by atoms with Crippen LogP contribution in [0.1, 0.15) is 22.3 Å². The van der Waals surface area contributed by atoms with Gasteiger partial charge in [-0.05, 0) is 30.7 Å². The van der Waals surface area contributed by atoms with Gasteiger partial charge in [-0.25, -0.2) is 0 Å². The van der Waals surface area contributed by atoms with Crippen LogP contribution >= 0.6 is 15.9 Å². The lowest BCUT2D eigenvalue weighted by molar-refractivity contribution is -0.117. The molecular formula is C18H17BrN2O2. The lowest BCUT2D eigenvalue weighted by Gasteiger charge is -2.20. The van der Waals surface area contributed by atoms with Gasteiger partial charge in [-0.3, -0.25) is 9.59 Å². The summed E-state index contributed by atoms with van der Waals surface area (Å²) in [5, 5.41) is 0. The van der Waals surface area contributed by atoms with E-state index >= 15 is 0 Å². The van der Waals surface area contributed by atoms with Gasteiger partial charge in [-0.1, -0.05) is 46.3 Å². The van der Waals surface area contributed by atoms with E-state index < -0.39 is 0 Å². The zero-order chi connectivity index (χ0) is 16.4. The van der Waals surface area contributed by atoms with Crippen molar-refractivity contribution < 1.29 is 9.59 Å². The van der Waals surface area contributed by atoms with Crippen molar-refractivity contribution in [1.29, 1.82) is 0 Å². The van der Waals surface area contributed by atoms with Crippen molar-refractivity contribution in [3.05, 3.63) is 64.1 Å². The first-order valence-electron chi connectivity index (χ1n) is 7.50. The number of nitrogens with zero attached hydrogens (tertiary/aromatic N) is 1. The molecule has 1 aliphatic heterocycles. The van der Waals surface area contributed by atoms with Crippen molar-refractivity contribution in [3.63, 3.8) is 0 Å². The summed E-state index contributed by atoms with van der Waals surface area (Å²) in [6.45, 7) is 1.03. The van der Waals surface area contributed by atoms with E-state index in [-0.39, 0.29) is 17.6 Å². The van der Waals surface area contributed by atoms with E-state index in [4.69, 9.17) is 5.73 Å². The summed E-state index contributed by atoms with van der Waals surface area (Å²) >= 11 is 3.41. The summed E-state index contributed by atoms with van der Waals surface area (Å²) in [5.41, 5.74) is 7.48. The Balaban J connectivity index is 2.02. The maximum Gasteiger partial charge on any atom is 0.227 e. The Kier molecular flexibility index (Phi) is 4.59. The number of carbonyl (C=O) groups is 2. The highest BCUT2D eigenvalue weighted by molar-refractivity contribution is 9.10. The molecule has 0 spiro atoms. The lowest BCUT2D eigenvalue weighted by atomic mass is 10.0. The van der Waals surface area contributed by atoms with Gasteiger partial charge < -0.3 is 10.6 Å². The fourth-order valence-electron chi connectivity index (χ4n) is 2.84. The van der Waals surface area contributed by atoms with Crippen molar-refractivity contribution in [2.45, 2.75) is 6.42 Å². The Morgan fingerprint density at radius 1 is 1.22 bits per heavy atom. The number of halogens is 1. The third kappa shape index (κ3) is 3.21. The van der Waals surface area contributed by atoms with Gasteiger partial charge in [0, 0.05) is 28.6 Å². The number of rotatable bonds is 4. The quantitative estimate of drug-likeness (QED) is 0.839. The van der Waals surface area contributed by atoms with Crippen LogP contribution in [-0.4, -0.2) is 24.8 Å². The number of hydrogen-bond donors (Lipinski definition) is 1. The van der Waals surface area contributed by atoms with Gasteiger partial charge in [-0.2, -0.15) is 0 Å². The second-order valence-electron chi connectivity index (χ2n) is 5.67. The van der Waals surface area contributed by atoms with Crippen molar-refractivity contribution in [2.75, 3.05) is 18.0 Å². The third-order valence-corrected chi connectivity index (χ3v) is 4.56. The van der Waals surface area contributed by atoms with Crippen LogP contribution in [0.25, 0.3) is 0 Å². The molecule has 3 rings (SSSR count). The van der Waals surface area contributed by atoms with E-state index in [1.165, 1.54) is 0 Å². The Labute approximate surface area is 143 Å². The fourth-order valence-corrected chi connectivity index (χ4v) is 3.20. The summed E-state index contributed by atoms with van der Waals surface area (Å²) in [7, 11) is 0. The molecule has 118 valence electrons. The maximum absolute atomic E-state index is 12.9. The molecule has 1 fully saturated rings. The topological polar surface area (TPSA) is 63.4 Å². The predicted octanol–water partition coefficient (Wildman–Crippen LogP) is 2.99. The van der Waals surface area contributed by atoms with Gasteiger partial charge >= 0.3 is 0 Å². The largest absolute Gasteiger partial charge is 0.330 e. The fraction of sp³-hybridized carbons (Fsp3) is 0.222. The van der Waals surface area contributed by atoms with Crippen LogP contribution in [0.2, 0.25) is 0 Å². The highest BCUT2D eigenvalue weighted by Gasteiger charge is 2.32. The van der Waals surface area contributed by atoms with E-state index in [9.17, 15) is 9.59 Å². The smallest absolute Gasteiger partial charge is 0.227 e. The first-order valence-corrected chi connectivity index (χ1v) is 8.29. The minimum Gasteiger partial charge on any atom is -0.330 e. The van der Waals surface area contributed by atoms with Gasteiger partial charge in [0.1, 0.15) is 0 Å². The Hall–Kier alpha value is -1.98. The summed E-state index contributed by atoms with van der Waals surface area (Å²) in [5.74, 6) is 0.0709. The zero-order valence-corrected chi connectivity index (χ0v) is 14.1. The van der Waals surface area contributed by atoms with Crippen LogP contribution in [0.3, 0.4) is 0 Å². The Bertz CT molecular complexity index is 746. The molecule has 4 nitrogen and oxygen atoms in total. The van der Waals surface area contributed by atoms with Crippen LogP contribution < -0.4 is 10.6 Å². The maximum atomic E-state index is 12.9. The predicted molar refractivity (Wildman–Crippen MR) is 93.5 cm³/mol. The number of anilines is 1. The van der Waals surface area contributed by atoms with E-state index in [2.05, 4.69) is 15.9 Å². The molecule has 1 atom stereocenters. The normalized spacial score (nSPS) is 17.6. The van der Waals surface area contributed by atoms with E-state index in [1.807, 2.05) is 30.3 Å². The molecule has 2 N–H and O–H groups in total. The molecule has 1 amide bonds. The molecule has 1 heterocycles. The first kappa shape index (κ1) is 15.9. The van der Waals surface area contributed by atoms with Crippen molar-refractivity contribution >= 4 is 33.3 Å². The average Bonchev–Trinajstić information content (AvgIpc) is 2.96. The molecule has 0 aliphatic carbocycles. The molecule has 23 heavy (non-hydrogen) atoms. The third-order valence-electron chi connectivity index (χ3n) is 4.07. The molecule has 0 radical (unpaired) electrons. The molecular weight excluding hydrogens is 356 g/mol. The number of hydrogen-bond acceptors (Lipinski definition) is 3. The summed E-state index contributed by atoms with van der Waals surface area (Å²) < 4.78 is 0.808. The molecule has 5 heteroatoms. The minimum atomic E-state index is -0.0918. The highest BCUT2D eigenvalue weighted by atomic mass is 79.9.